The quantitative estimate of drug-likeness (QED) is 0.156. The molecule has 0 fully saturated rings. The van der Waals surface area contributed by atoms with Crippen molar-refractivity contribution in [1.29, 1.82) is 0 Å². The van der Waals surface area contributed by atoms with Crippen LogP contribution in [0.3, 0.4) is 0 Å². The minimum absolute atomic E-state index is 0. The van der Waals surface area contributed by atoms with Crippen LogP contribution >= 0.6 is 0 Å². The molecule has 4 aliphatic rings. The molecule has 12 rings (SSSR count). The van der Waals surface area contributed by atoms with Gasteiger partial charge in [0, 0.05) is 11.5 Å². The monoisotopic (exact) mass is 1100 g/mol. The van der Waals surface area contributed by atoms with E-state index in [1.54, 1.807) is 14.2 Å². The molecule has 0 saturated heterocycles. The van der Waals surface area contributed by atoms with Crippen molar-refractivity contribution in [3.8, 4) is 33.8 Å². The van der Waals surface area contributed by atoms with E-state index in [0.717, 1.165) is 37.2 Å². The topological polar surface area (TPSA) is 18.5 Å². The van der Waals surface area contributed by atoms with E-state index in [2.05, 4.69) is 206 Å². The first kappa shape index (κ1) is 55.3. The van der Waals surface area contributed by atoms with Crippen LogP contribution in [0.1, 0.15) is 57.3 Å². The van der Waals surface area contributed by atoms with E-state index in [1.807, 2.05) is 48.6 Å². The molecule has 0 amide bonds. The Hall–Kier alpha value is -5.59. The van der Waals surface area contributed by atoms with E-state index >= 15 is 0 Å². The molecule has 0 heterocycles. The Morgan fingerprint density at radius 3 is 1.00 bits per heavy atom. The predicted octanol–water partition coefficient (Wildman–Crippen LogP) is 8.36. The predicted molar refractivity (Wildman–Crippen MR) is 275 cm³/mol. The zero-order valence-corrected chi connectivity index (χ0v) is 45.8. The number of ether oxygens (including phenoxy) is 2. The summed E-state index contributed by atoms with van der Waals surface area (Å²) in [7, 11) is 3.44. The average molecular weight is 1110 g/mol. The van der Waals surface area contributed by atoms with Gasteiger partial charge in [0.1, 0.15) is 0 Å². The Kier molecular flexibility index (Phi) is 23.9. The standard InChI is InChI=1S/2C14H11O.2C13H10.2C5H5.2ClH.2Zr/c2*1-15-13-8-4-6-11-9-10-5-2-3-7-12(10)14(11)13;2*1-3-7-12(8-4-1)11-13-9-5-2-6-10-13;2*1-2-4-5-3-1;;;;/h2*2-5,7-8H,9H2,1H3;2*1-10H;2*1-3H,4H2;2*1H;;/q2*-1;;;2*-1;;;2*+2/p-2. The van der Waals surface area contributed by atoms with Crippen molar-refractivity contribution < 1.29 is 82.8 Å². The van der Waals surface area contributed by atoms with E-state index in [1.165, 1.54) is 122 Å². The number of halogens is 2. The number of rotatable bonds is 6. The molecule has 2 nitrogen and oxygen atoms in total. The summed E-state index contributed by atoms with van der Waals surface area (Å²) < 4.78 is 13.6. The molecule has 0 N–H and O–H groups in total. The molecule has 344 valence electrons. The molecular weight excluding hydrogens is 1050 g/mol. The van der Waals surface area contributed by atoms with Crippen molar-refractivity contribution >= 4 is 6.41 Å². The van der Waals surface area contributed by atoms with E-state index in [4.69, 9.17) is 9.47 Å². The van der Waals surface area contributed by atoms with Gasteiger partial charge in [0.15, 0.2) is 0 Å². The first-order chi connectivity index (χ1) is 33.6. The van der Waals surface area contributed by atoms with Gasteiger partial charge in [-0.05, 0) is 24.0 Å². The molecule has 0 unspecified atom stereocenters. The maximum absolute atomic E-state index is 5.39. The molecule has 0 aliphatic heterocycles. The summed E-state index contributed by atoms with van der Waals surface area (Å²) in [6, 6.07) is 73.5. The van der Waals surface area contributed by atoms with Crippen LogP contribution in [-0.2, 0) is 61.3 Å². The van der Waals surface area contributed by atoms with Crippen LogP contribution in [0.15, 0.2) is 231 Å². The summed E-state index contributed by atoms with van der Waals surface area (Å²) in [6.07, 6.45) is 21.9. The summed E-state index contributed by atoms with van der Waals surface area (Å²) in [6.45, 7) is 0. The molecule has 0 saturated carbocycles. The number of allylic oxidation sites excluding steroid dienone is 8. The van der Waals surface area contributed by atoms with Crippen molar-refractivity contribution in [2.24, 2.45) is 0 Å². The third-order valence-electron chi connectivity index (χ3n) is 11.3. The SMILES string of the molecule is COc1cc[c-]c2c1-c1ccccc1C2.COc1cc[c-]c2c1-c1ccccc1C2.[C-]1=CC=CC1.[C-]1=CC=CC1.[Cl-].[Cl-].[Zr+2]=[C](c1ccccc1)c1ccccc1.[Zr+2]=[C](c1ccccc1)c1ccccc1. The van der Waals surface area contributed by atoms with Gasteiger partial charge < -0.3 is 34.3 Å². The summed E-state index contributed by atoms with van der Waals surface area (Å²) in [5.41, 5.74) is 15.6. The molecule has 6 heteroatoms. The fourth-order valence-electron chi connectivity index (χ4n) is 7.90. The van der Waals surface area contributed by atoms with Gasteiger partial charge in [-0.25, -0.2) is 24.3 Å². The second kappa shape index (κ2) is 30.2. The van der Waals surface area contributed by atoms with Crippen molar-refractivity contribution in [2.45, 2.75) is 25.7 Å². The third-order valence-corrected chi connectivity index (χ3v) is 14.1. The molecule has 4 aliphatic carbocycles. The number of hydrogen-bond donors (Lipinski definition) is 0. The zero-order valence-electron chi connectivity index (χ0n) is 39.3. The average Bonchev–Trinajstić information content (AvgIpc) is 4.29. The van der Waals surface area contributed by atoms with Gasteiger partial charge in [0.25, 0.3) is 0 Å². The van der Waals surface area contributed by atoms with Gasteiger partial charge in [-0.2, -0.15) is 36.4 Å². The second-order valence-corrected chi connectivity index (χ2v) is 18.1. The summed E-state index contributed by atoms with van der Waals surface area (Å²) in [5.74, 6) is 1.90. The van der Waals surface area contributed by atoms with Gasteiger partial charge in [0.05, 0.1) is 14.2 Å². The van der Waals surface area contributed by atoms with Crippen LogP contribution in [0.5, 0.6) is 11.5 Å². The van der Waals surface area contributed by atoms with Crippen LogP contribution in [0, 0.1) is 24.3 Å². The molecule has 70 heavy (non-hydrogen) atoms. The normalized spacial score (nSPS) is 11.6. The maximum atomic E-state index is 5.39. The number of benzene rings is 8. The van der Waals surface area contributed by atoms with Crippen LogP contribution in [0.25, 0.3) is 22.3 Å². The van der Waals surface area contributed by atoms with Gasteiger partial charge in [-0.15, -0.1) is 36.1 Å². The first-order valence-electron chi connectivity index (χ1n) is 22.7. The molecule has 0 atom stereocenters. The minimum atomic E-state index is 0. The zero-order chi connectivity index (χ0) is 47.2. The van der Waals surface area contributed by atoms with Crippen LogP contribution in [-0.4, -0.2) is 20.6 Å². The first-order valence-corrected chi connectivity index (χ1v) is 25.2. The third kappa shape index (κ3) is 15.7. The number of methoxy groups -OCH3 is 2. The van der Waals surface area contributed by atoms with Gasteiger partial charge in [-0.3, -0.25) is 12.2 Å². The van der Waals surface area contributed by atoms with E-state index in [-0.39, 0.29) is 24.8 Å². The Balaban J connectivity index is 0.000000161. The van der Waals surface area contributed by atoms with E-state index < -0.39 is 0 Å². The van der Waals surface area contributed by atoms with Crippen LogP contribution in [0.2, 0.25) is 0 Å². The van der Waals surface area contributed by atoms with E-state index in [9.17, 15) is 0 Å². The van der Waals surface area contributed by atoms with E-state index in [0.29, 0.717) is 0 Å². The van der Waals surface area contributed by atoms with Crippen LogP contribution < -0.4 is 34.3 Å². The van der Waals surface area contributed by atoms with Crippen molar-refractivity contribution in [2.75, 3.05) is 14.2 Å². The molecule has 0 radical (unpaired) electrons. The Morgan fingerprint density at radius 1 is 0.414 bits per heavy atom. The van der Waals surface area contributed by atoms with Crippen molar-refractivity contribution in [3.63, 3.8) is 0 Å². The van der Waals surface area contributed by atoms with Crippen molar-refractivity contribution in [1.82, 2.24) is 0 Å². The summed E-state index contributed by atoms with van der Waals surface area (Å²) >= 11 is 2.92. The number of hydrogen-bond acceptors (Lipinski definition) is 2. The molecule has 0 bridgehead atoms. The summed E-state index contributed by atoms with van der Waals surface area (Å²) in [5, 5.41) is 0. The Morgan fingerprint density at radius 2 is 0.729 bits per heavy atom. The Labute approximate surface area is 458 Å². The van der Waals surface area contributed by atoms with Crippen molar-refractivity contribution in [3.05, 3.63) is 299 Å². The second-order valence-electron chi connectivity index (χ2n) is 15.7. The van der Waals surface area contributed by atoms with Gasteiger partial charge in [0.2, 0.25) is 0 Å². The summed E-state index contributed by atoms with van der Waals surface area (Å²) in [4.78, 5) is 0. The molecular formula is C64H52Cl2O2Zr2-2. The molecule has 8 aromatic rings. The molecule has 0 aromatic heterocycles. The van der Waals surface area contributed by atoms with Gasteiger partial charge >= 0.3 is 198 Å². The Bertz CT molecular complexity index is 2690. The number of fused-ring (bicyclic) bond motifs is 6. The van der Waals surface area contributed by atoms with Crippen LogP contribution in [0.4, 0.5) is 0 Å². The fraction of sp³-hybridized carbons (Fsp3) is 0.0938. The fourth-order valence-corrected chi connectivity index (χ4v) is 9.54. The van der Waals surface area contributed by atoms with Gasteiger partial charge in [-0.1, -0.05) is 70.8 Å². The molecule has 8 aromatic carbocycles. The molecule has 0 spiro atoms.